The topological polar surface area (TPSA) is 84.3 Å². The Morgan fingerprint density at radius 1 is 1.04 bits per heavy atom. The highest BCUT2D eigenvalue weighted by Gasteiger charge is 2.23. The lowest BCUT2D eigenvalue weighted by molar-refractivity contribution is -0.383. The molecule has 2 atom stereocenters. The summed E-state index contributed by atoms with van der Waals surface area (Å²) in [6.45, 7) is 1.74. The summed E-state index contributed by atoms with van der Waals surface area (Å²) < 4.78 is 0. The van der Waals surface area contributed by atoms with Gasteiger partial charge in [-0.3, -0.25) is 20.2 Å². The molecule has 0 fully saturated rings. The van der Waals surface area contributed by atoms with Crippen molar-refractivity contribution in [2.24, 2.45) is 0 Å². The smallest absolute Gasteiger partial charge is 0.292 e. The fraction of sp³-hybridized carbons (Fsp3) is 0.150. The van der Waals surface area contributed by atoms with E-state index in [1.54, 1.807) is 30.4 Å². The largest absolute Gasteiger partial charge is 0.319 e. The summed E-state index contributed by atoms with van der Waals surface area (Å²) >= 11 is 1.61. The number of hydrogen-bond donors (Lipinski definition) is 2. The second-order valence-corrected chi connectivity index (χ2v) is 6.99. The van der Waals surface area contributed by atoms with E-state index in [4.69, 9.17) is 0 Å². The zero-order chi connectivity index (χ0) is 19.2. The van der Waals surface area contributed by atoms with Crippen molar-refractivity contribution in [3.63, 3.8) is 0 Å². The van der Waals surface area contributed by atoms with Crippen molar-refractivity contribution < 1.29 is 9.72 Å². The summed E-state index contributed by atoms with van der Waals surface area (Å²) in [4.78, 5) is 24.3. The van der Waals surface area contributed by atoms with Crippen LogP contribution in [0.2, 0.25) is 0 Å². The average molecular weight is 381 g/mol. The van der Waals surface area contributed by atoms with Gasteiger partial charge in [-0.05, 0) is 30.0 Å². The number of anilines is 1. The number of thiophene rings is 1. The van der Waals surface area contributed by atoms with E-state index in [1.165, 1.54) is 12.1 Å². The van der Waals surface area contributed by atoms with Gasteiger partial charge in [0.2, 0.25) is 5.91 Å². The third kappa shape index (κ3) is 4.58. The van der Waals surface area contributed by atoms with Gasteiger partial charge in [0.1, 0.15) is 5.69 Å². The van der Waals surface area contributed by atoms with Crippen molar-refractivity contribution in [1.82, 2.24) is 5.32 Å². The molecule has 0 unspecified atom stereocenters. The summed E-state index contributed by atoms with van der Waals surface area (Å²) in [5.74, 6) is -0.332. The molecule has 0 saturated carbocycles. The van der Waals surface area contributed by atoms with Gasteiger partial charge in [-0.1, -0.05) is 48.5 Å². The fourth-order valence-corrected chi connectivity index (χ4v) is 3.56. The lowest BCUT2D eigenvalue weighted by Gasteiger charge is -2.22. The molecule has 1 aromatic heterocycles. The second kappa shape index (κ2) is 8.57. The molecule has 3 aromatic rings. The van der Waals surface area contributed by atoms with E-state index >= 15 is 0 Å². The molecule has 27 heavy (non-hydrogen) atoms. The van der Waals surface area contributed by atoms with Gasteiger partial charge < -0.3 is 5.32 Å². The minimum Gasteiger partial charge on any atom is -0.319 e. The molecule has 2 aromatic carbocycles. The lowest BCUT2D eigenvalue weighted by atomic mass is 10.0. The molecule has 0 aliphatic rings. The first kappa shape index (κ1) is 18.8. The van der Waals surface area contributed by atoms with Crippen LogP contribution in [0.4, 0.5) is 11.4 Å². The molecule has 138 valence electrons. The summed E-state index contributed by atoms with van der Waals surface area (Å²) in [7, 11) is 0. The van der Waals surface area contributed by atoms with Crippen LogP contribution in [0.1, 0.15) is 23.4 Å². The van der Waals surface area contributed by atoms with E-state index in [2.05, 4.69) is 10.6 Å². The molecule has 2 N–H and O–H groups in total. The van der Waals surface area contributed by atoms with Crippen molar-refractivity contribution >= 4 is 28.6 Å². The first-order valence-corrected chi connectivity index (χ1v) is 9.33. The van der Waals surface area contributed by atoms with E-state index in [1.807, 2.05) is 47.8 Å². The Labute approximate surface area is 161 Å². The maximum absolute atomic E-state index is 12.6. The number of nitro benzene ring substituents is 1. The molecular formula is C20H19N3O3S. The summed E-state index contributed by atoms with van der Waals surface area (Å²) in [6.07, 6.45) is 0. The van der Waals surface area contributed by atoms with Gasteiger partial charge in [0, 0.05) is 10.9 Å². The summed E-state index contributed by atoms with van der Waals surface area (Å²) in [6, 6.07) is 19.3. The van der Waals surface area contributed by atoms with Gasteiger partial charge in [-0.2, -0.15) is 0 Å². The van der Waals surface area contributed by atoms with E-state index in [-0.39, 0.29) is 23.3 Å². The van der Waals surface area contributed by atoms with Crippen LogP contribution in [0, 0.1) is 10.1 Å². The number of hydrogen-bond acceptors (Lipinski definition) is 5. The fourth-order valence-electron chi connectivity index (χ4n) is 2.75. The van der Waals surface area contributed by atoms with Gasteiger partial charge in [-0.25, -0.2) is 0 Å². The highest BCUT2D eigenvalue weighted by Crippen LogP contribution is 2.27. The molecule has 7 heteroatoms. The molecule has 3 rings (SSSR count). The van der Waals surface area contributed by atoms with Crippen LogP contribution >= 0.6 is 11.3 Å². The van der Waals surface area contributed by atoms with Crippen molar-refractivity contribution in [2.75, 3.05) is 5.32 Å². The van der Waals surface area contributed by atoms with Crippen LogP contribution in [0.25, 0.3) is 0 Å². The molecule has 0 bridgehead atoms. The van der Waals surface area contributed by atoms with Crippen LogP contribution in [0.5, 0.6) is 0 Å². The monoisotopic (exact) mass is 381 g/mol. The predicted molar refractivity (Wildman–Crippen MR) is 107 cm³/mol. The molecule has 0 aliphatic heterocycles. The van der Waals surface area contributed by atoms with Gasteiger partial charge in [-0.15, -0.1) is 11.3 Å². The number of nitrogens with zero attached hydrogens (tertiary/aromatic N) is 1. The zero-order valence-electron chi connectivity index (χ0n) is 14.7. The van der Waals surface area contributed by atoms with Crippen LogP contribution in [0.3, 0.4) is 0 Å². The molecule has 0 saturated heterocycles. The van der Waals surface area contributed by atoms with Crippen LogP contribution in [0.15, 0.2) is 72.1 Å². The second-order valence-electron chi connectivity index (χ2n) is 6.01. The predicted octanol–water partition coefficient (Wildman–Crippen LogP) is 4.36. The first-order valence-electron chi connectivity index (χ1n) is 8.45. The molecule has 0 aliphatic carbocycles. The van der Waals surface area contributed by atoms with Crippen molar-refractivity contribution in [2.45, 2.75) is 19.0 Å². The quantitative estimate of drug-likeness (QED) is 0.470. The Morgan fingerprint density at radius 3 is 2.41 bits per heavy atom. The van der Waals surface area contributed by atoms with E-state index < -0.39 is 11.0 Å². The zero-order valence-corrected chi connectivity index (χ0v) is 15.5. The number of carbonyl (C=O) groups excluding carboxylic acids is 1. The van der Waals surface area contributed by atoms with Crippen LogP contribution in [-0.4, -0.2) is 16.9 Å². The molecule has 1 heterocycles. The number of rotatable bonds is 7. The van der Waals surface area contributed by atoms with E-state index in [0.717, 1.165) is 10.4 Å². The number of benzene rings is 2. The van der Waals surface area contributed by atoms with Gasteiger partial charge in [0.25, 0.3) is 5.69 Å². The Morgan fingerprint density at radius 2 is 1.74 bits per heavy atom. The number of nitrogens with one attached hydrogen (secondary N) is 2. The summed E-state index contributed by atoms with van der Waals surface area (Å²) in [5.41, 5.74) is 1.11. The summed E-state index contributed by atoms with van der Waals surface area (Å²) in [5, 5.41) is 19.1. The van der Waals surface area contributed by atoms with Gasteiger partial charge in [0.05, 0.1) is 17.0 Å². The van der Waals surface area contributed by atoms with E-state index in [0.29, 0.717) is 0 Å². The maximum atomic E-state index is 12.6. The third-order valence-corrected chi connectivity index (χ3v) is 5.07. The van der Waals surface area contributed by atoms with Crippen molar-refractivity contribution in [3.05, 3.63) is 92.7 Å². The minimum absolute atomic E-state index is 0.129. The average Bonchev–Trinajstić information content (AvgIpc) is 3.21. The standard InChI is InChI=1S/C20H19N3O3S/c1-14(20(24)22-16-10-5-6-11-17(16)23(25)26)21-19(18-12-7-13-27-18)15-8-3-2-4-9-15/h2-14,19,21H,1H3,(H,22,24)/t14-,19+/m1/s1. The number of para-hydroxylation sites is 2. The van der Waals surface area contributed by atoms with Crippen molar-refractivity contribution in [1.29, 1.82) is 0 Å². The SMILES string of the molecule is C[C@@H](N[C@@H](c1ccccc1)c1cccs1)C(=O)Nc1ccccc1[N+](=O)[O-]. The third-order valence-electron chi connectivity index (χ3n) is 4.13. The maximum Gasteiger partial charge on any atom is 0.292 e. The highest BCUT2D eigenvalue weighted by atomic mass is 32.1. The molecule has 0 spiro atoms. The molecular weight excluding hydrogens is 362 g/mol. The molecule has 6 nitrogen and oxygen atoms in total. The Bertz CT molecular complexity index is 913. The Balaban J connectivity index is 1.77. The highest BCUT2D eigenvalue weighted by molar-refractivity contribution is 7.10. The first-order chi connectivity index (χ1) is 13.1. The number of nitro groups is 1. The number of carbonyl (C=O) groups is 1. The Hall–Kier alpha value is -3.03. The Kier molecular flexibility index (Phi) is 5.95. The number of amides is 1. The van der Waals surface area contributed by atoms with Gasteiger partial charge >= 0.3 is 0 Å². The molecule has 1 amide bonds. The lowest BCUT2D eigenvalue weighted by Crippen LogP contribution is -2.40. The van der Waals surface area contributed by atoms with Gasteiger partial charge in [0.15, 0.2) is 0 Å². The van der Waals surface area contributed by atoms with Crippen LogP contribution < -0.4 is 10.6 Å². The molecule has 0 radical (unpaired) electrons. The van der Waals surface area contributed by atoms with Crippen LogP contribution in [-0.2, 0) is 4.79 Å². The van der Waals surface area contributed by atoms with Crippen molar-refractivity contribution in [3.8, 4) is 0 Å². The van der Waals surface area contributed by atoms with E-state index in [9.17, 15) is 14.9 Å². The minimum atomic E-state index is -0.558. The normalized spacial score (nSPS) is 12.9.